The molecule has 0 saturated heterocycles. The van der Waals surface area contributed by atoms with E-state index in [1.807, 2.05) is 19.9 Å². The van der Waals surface area contributed by atoms with Gasteiger partial charge in [0.15, 0.2) is 10.8 Å². The number of phenols is 1. The Labute approximate surface area is 122 Å². The molecule has 0 atom stereocenters. The molecule has 0 unspecified atom stereocenters. The monoisotopic (exact) mass is 338 g/mol. The van der Waals surface area contributed by atoms with Gasteiger partial charge >= 0.3 is 0 Å². The van der Waals surface area contributed by atoms with Gasteiger partial charge in [-0.1, -0.05) is 41.1 Å². The highest BCUT2D eigenvalue weighted by molar-refractivity contribution is 9.10. The van der Waals surface area contributed by atoms with Crippen LogP contribution in [0.1, 0.15) is 25.6 Å². The van der Waals surface area contributed by atoms with Crippen LogP contribution in [0.4, 0.5) is 0 Å². The number of aromatic hydroxyl groups is 1. The molecule has 0 amide bonds. The first-order chi connectivity index (χ1) is 9.06. The van der Waals surface area contributed by atoms with Gasteiger partial charge in [0.05, 0.1) is 5.56 Å². The molecule has 98 valence electrons. The minimum atomic E-state index is 0.208. The third-order valence-electron chi connectivity index (χ3n) is 2.72. The van der Waals surface area contributed by atoms with Crippen LogP contribution in [0, 0.1) is 0 Å². The largest absolute Gasteiger partial charge is 0.507 e. The summed E-state index contributed by atoms with van der Waals surface area (Å²) < 4.78 is 2.64. The predicted octanol–water partition coefficient (Wildman–Crippen LogP) is 3.44. The van der Waals surface area contributed by atoms with Crippen molar-refractivity contribution in [3.63, 3.8) is 0 Å². The van der Waals surface area contributed by atoms with Crippen LogP contribution in [0.15, 0.2) is 22.7 Å². The van der Waals surface area contributed by atoms with Gasteiger partial charge in [0, 0.05) is 10.4 Å². The van der Waals surface area contributed by atoms with Crippen molar-refractivity contribution in [3.8, 4) is 16.3 Å². The van der Waals surface area contributed by atoms with E-state index < -0.39 is 0 Å². The number of phenolic OH excluding ortho intramolecular Hbond substituents is 1. The maximum Gasteiger partial charge on any atom is 0.234 e. The van der Waals surface area contributed by atoms with Crippen molar-refractivity contribution in [2.75, 3.05) is 0 Å². The van der Waals surface area contributed by atoms with E-state index in [1.165, 1.54) is 11.3 Å². The Bertz CT molecular complexity index is 749. The number of rotatable bonds is 2. The topological polar surface area (TPSA) is 63.3 Å². The number of hydrogen-bond acceptors (Lipinski definition) is 5. The van der Waals surface area contributed by atoms with Crippen molar-refractivity contribution < 1.29 is 5.11 Å². The number of fused-ring (bicyclic) bond motifs is 1. The summed E-state index contributed by atoms with van der Waals surface area (Å²) >= 11 is 4.81. The van der Waals surface area contributed by atoms with E-state index in [1.54, 1.807) is 16.6 Å². The predicted molar refractivity (Wildman–Crippen MR) is 77.5 cm³/mol. The van der Waals surface area contributed by atoms with Crippen LogP contribution in [0.5, 0.6) is 5.75 Å². The molecule has 7 heteroatoms. The van der Waals surface area contributed by atoms with Gasteiger partial charge in [-0.15, -0.1) is 10.2 Å². The molecular formula is C12H11BrN4OS. The van der Waals surface area contributed by atoms with Crippen molar-refractivity contribution in [1.29, 1.82) is 0 Å². The Morgan fingerprint density at radius 1 is 1.32 bits per heavy atom. The Morgan fingerprint density at radius 3 is 2.84 bits per heavy atom. The van der Waals surface area contributed by atoms with Gasteiger partial charge in [0.1, 0.15) is 5.75 Å². The Hall–Kier alpha value is -1.47. The molecule has 0 saturated carbocycles. The zero-order valence-electron chi connectivity index (χ0n) is 10.3. The molecule has 0 spiro atoms. The van der Waals surface area contributed by atoms with Crippen molar-refractivity contribution in [2.45, 2.75) is 19.8 Å². The van der Waals surface area contributed by atoms with Gasteiger partial charge in [-0.05, 0) is 18.2 Å². The average molecular weight is 339 g/mol. The van der Waals surface area contributed by atoms with Gasteiger partial charge in [-0.25, -0.2) is 0 Å². The quantitative estimate of drug-likeness (QED) is 0.777. The summed E-state index contributed by atoms with van der Waals surface area (Å²) in [6.07, 6.45) is 0. The summed E-state index contributed by atoms with van der Waals surface area (Å²) in [6.45, 7) is 4.10. The Balaban J connectivity index is 2.18. The van der Waals surface area contributed by atoms with E-state index >= 15 is 0 Å². The molecule has 1 N–H and O–H groups in total. The zero-order chi connectivity index (χ0) is 13.6. The summed E-state index contributed by atoms with van der Waals surface area (Å²) in [5.41, 5.74) is 0.694. The molecule has 0 bridgehead atoms. The molecule has 1 aromatic carbocycles. The molecular weight excluding hydrogens is 328 g/mol. The van der Waals surface area contributed by atoms with E-state index in [0.29, 0.717) is 5.56 Å². The minimum absolute atomic E-state index is 0.208. The van der Waals surface area contributed by atoms with Crippen LogP contribution < -0.4 is 0 Å². The molecule has 5 nitrogen and oxygen atoms in total. The molecule has 2 aromatic heterocycles. The molecule has 3 rings (SSSR count). The lowest BCUT2D eigenvalue weighted by molar-refractivity contribution is 0.477. The highest BCUT2D eigenvalue weighted by atomic mass is 79.9. The third kappa shape index (κ3) is 2.12. The van der Waals surface area contributed by atoms with E-state index in [4.69, 9.17) is 0 Å². The van der Waals surface area contributed by atoms with Gasteiger partial charge in [-0.2, -0.15) is 9.61 Å². The van der Waals surface area contributed by atoms with Gasteiger partial charge in [0.25, 0.3) is 0 Å². The van der Waals surface area contributed by atoms with Gasteiger partial charge in [-0.3, -0.25) is 0 Å². The molecule has 0 radical (unpaired) electrons. The summed E-state index contributed by atoms with van der Waals surface area (Å²) in [6, 6.07) is 5.28. The smallest absolute Gasteiger partial charge is 0.234 e. The van der Waals surface area contributed by atoms with Crippen LogP contribution in [0.3, 0.4) is 0 Å². The number of benzene rings is 1. The molecule has 2 heterocycles. The number of halogens is 1. The molecule has 19 heavy (non-hydrogen) atoms. The first-order valence-corrected chi connectivity index (χ1v) is 7.38. The SMILES string of the molecule is CC(C)c1nnc2sc(-c3cc(Br)ccc3O)nn12. The van der Waals surface area contributed by atoms with Crippen LogP contribution in [0.2, 0.25) is 0 Å². The molecule has 0 fully saturated rings. The van der Waals surface area contributed by atoms with Crippen molar-refractivity contribution in [3.05, 3.63) is 28.5 Å². The van der Waals surface area contributed by atoms with Crippen LogP contribution in [0.25, 0.3) is 15.5 Å². The highest BCUT2D eigenvalue weighted by Gasteiger charge is 2.16. The van der Waals surface area contributed by atoms with E-state index in [2.05, 4.69) is 31.2 Å². The first kappa shape index (κ1) is 12.6. The number of hydrogen-bond donors (Lipinski definition) is 1. The molecule has 0 aliphatic heterocycles. The maximum absolute atomic E-state index is 9.93. The third-order valence-corrected chi connectivity index (χ3v) is 4.15. The fraction of sp³-hybridized carbons (Fsp3) is 0.250. The molecule has 0 aliphatic carbocycles. The minimum Gasteiger partial charge on any atom is -0.507 e. The first-order valence-electron chi connectivity index (χ1n) is 5.77. The van der Waals surface area contributed by atoms with Crippen molar-refractivity contribution in [1.82, 2.24) is 19.8 Å². The van der Waals surface area contributed by atoms with Crippen LogP contribution in [-0.4, -0.2) is 24.9 Å². The fourth-order valence-electron chi connectivity index (χ4n) is 1.78. The fourth-order valence-corrected chi connectivity index (χ4v) is 3.01. The Kier molecular flexibility index (Phi) is 3.02. The standard InChI is InChI=1S/C12H11BrN4OS/c1-6(2)10-14-15-12-17(10)16-11(19-12)8-5-7(13)3-4-9(8)18/h3-6,18H,1-2H3. The second kappa shape index (κ2) is 4.57. The number of aromatic nitrogens is 4. The second-order valence-electron chi connectivity index (χ2n) is 4.48. The van der Waals surface area contributed by atoms with E-state index in [0.717, 1.165) is 20.3 Å². The summed E-state index contributed by atoms with van der Waals surface area (Å²) in [5.74, 6) is 1.28. The lowest BCUT2D eigenvalue weighted by atomic mass is 10.2. The maximum atomic E-state index is 9.93. The summed E-state index contributed by atoms with van der Waals surface area (Å²) in [4.78, 5) is 0.734. The zero-order valence-corrected chi connectivity index (χ0v) is 12.7. The molecule has 3 aromatic rings. The molecule has 0 aliphatic rings. The van der Waals surface area contributed by atoms with Crippen molar-refractivity contribution in [2.24, 2.45) is 0 Å². The lowest BCUT2D eigenvalue weighted by Crippen LogP contribution is -1.97. The number of nitrogens with zero attached hydrogens (tertiary/aromatic N) is 4. The van der Waals surface area contributed by atoms with Crippen LogP contribution in [-0.2, 0) is 0 Å². The van der Waals surface area contributed by atoms with E-state index in [9.17, 15) is 5.11 Å². The Morgan fingerprint density at radius 2 is 2.11 bits per heavy atom. The van der Waals surface area contributed by atoms with E-state index in [-0.39, 0.29) is 11.7 Å². The highest BCUT2D eigenvalue weighted by Crippen LogP contribution is 2.34. The normalized spacial score (nSPS) is 11.6. The van der Waals surface area contributed by atoms with Gasteiger partial charge in [0.2, 0.25) is 4.96 Å². The lowest BCUT2D eigenvalue weighted by Gasteiger charge is -2.01. The van der Waals surface area contributed by atoms with Crippen molar-refractivity contribution >= 4 is 32.2 Å². The summed E-state index contributed by atoms with van der Waals surface area (Å²) in [5, 5.41) is 23.4. The average Bonchev–Trinajstić information content (AvgIpc) is 2.91. The van der Waals surface area contributed by atoms with Crippen LogP contribution >= 0.6 is 27.3 Å². The second-order valence-corrected chi connectivity index (χ2v) is 6.35. The van der Waals surface area contributed by atoms with Gasteiger partial charge < -0.3 is 5.11 Å². The summed E-state index contributed by atoms with van der Waals surface area (Å²) in [7, 11) is 0.